The molecule has 9 rings (SSSR count). The maximum atomic E-state index is 14.6. The Morgan fingerprint density at radius 3 is 2.07 bits per heavy atom. The number of hydrazine groups is 1. The van der Waals surface area contributed by atoms with E-state index in [-0.39, 0.29) is 107 Å². The number of likely N-dealkylation sites (N-methyl/N-ethyl adjacent to an activating group) is 1. The van der Waals surface area contributed by atoms with Crippen molar-refractivity contribution in [1.29, 1.82) is 0 Å². The standard InChI is InChI=1S/C74H92N18O20S3/c1-11-42-34(2)45-29-50-57(38(6)93)36(4)47(82-50)27-46-35(3)43(61(84-46)59-60(72(106)111-10)64(97)58-37(5)48(85-62(58)59)28-49(42)81-45)18-20-54(94)76-22-12-13-53(92(7,8)9)68(100)90-91-74(107)112-24-25-113-114-33-52(71(104)105)87-67(99)51(30-56(96)77-23-26-115(108,109)110)83-55(95)21-19-44(70(102)103)86-66(98)39-14-16-40(17-15-39)78-31-41-32-79-65-63(80-41)69(101)89-73(75)88-65/h14-17,27-29,32,34-35,42-44,51-53,60H,11-13,18-26,30-31,33H2,1-10H3,(H15-,75,76,77,78,79,80,81,82,83,84,85,86,87,88,89,90,91,93,94,95,96,97,98,99,100,101,102,103,104,105,107,108,109,110)/p+1/t34-,35+,42-,43+,44-,51-,52-,53-,60?/m0/s1. The van der Waals surface area contributed by atoms with E-state index in [2.05, 4.69) is 86.5 Å². The number of anilines is 2. The highest BCUT2D eigenvalue weighted by atomic mass is 33.1. The van der Waals surface area contributed by atoms with Crippen molar-refractivity contribution in [2.75, 3.05) is 76.3 Å². The molecule has 7 heterocycles. The number of nitrogen functional groups attached to an aromatic ring is 1. The number of carbonyl (C=O) groups is 12. The number of fused-ring (bicyclic) bond motifs is 9. The number of nitrogens with zero attached hydrogens (tertiary/aromatic N) is 6. The maximum Gasteiger partial charge on any atom is 0.426 e. The number of H-pyrrole nitrogens is 3. The lowest BCUT2D eigenvalue weighted by Crippen LogP contribution is -2.57. The molecule has 8 bridgehead atoms. The molecule has 1 aliphatic carbocycles. The fourth-order valence-corrected chi connectivity index (χ4v) is 16.3. The number of aromatic amines is 3. The normalized spacial score (nSPS) is 16.8. The van der Waals surface area contributed by atoms with Gasteiger partial charge in [-0.25, -0.2) is 29.8 Å². The van der Waals surface area contributed by atoms with E-state index in [4.69, 9.17) is 29.7 Å². The van der Waals surface area contributed by atoms with Crippen molar-refractivity contribution in [3.63, 3.8) is 0 Å². The van der Waals surface area contributed by atoms with Crippen LogP contribution in [0.25, 0.3) is 33.2 Å². The number of esters is 1. The number of nitrogens with two attached hydrogens (primary N) is 1. The van der Waals surface area contributed by atoms with Crippen molar-refractivity contribution in [1.82, 2.24) is 77.3 Å². The fraction of sp³-hybridized carbons (Fsp3) is 0.459. The molecule has 7 amide bonds. The third-order valence-corrected chi connectivity index (χ3v) is 23.1. The third-order valence-electron chi connectivity index (χ3n) is 20.0. The summed E-state index contributed by atoms with van der Waals surface area (Å²) in [6.45, 7) is 10.7. The lowest BCUT2D eigenvalue weighted by atomic mass is 9.84. The Balaban J connectivity index is 0.737. The number of methoxy groups -OCH3 is 1. The van der Waals surface area contributed by atoms with Gasteiger partial charge in [0.05, 0.1) is 75.6 Å². The molecule has 1 aromatic carbocycles. The summed E-state index contributed by atoms with van der Waals surface area (Å²) in [4.78, 5) is 204. The predicted octanol–water partition coefficient (Wildman–Crippen LogP) is 3.99. The molecular weight excluding hydrogens is 1560 g/mol. The summed E-state index contributed by atoms with van der Waals surface area (Å²) in [5.74, 6) is -12.9. The smallest absolute Gasteiger partial charge is 0.426 e. The van der Waals surface area contributed by atoms with Crippen LogP contribution in [0.5, 0.6) is 0 Å². The van der Waals surface area contributed by atoms with Crippen molar-refractivity contribution in [2.45, 2.75) is 153 Å². The third kappa shape index (κ3) is 22.1. The van der Waals surface area contributed by atoms with Gasteiger partial charge >= 0.3 is 24.0 Å². The number of aromatic nitrogens is 8. The van der Waals surface area contributed by atoms with Gasteiger partial charge in [0.1, 0.15) is 30.7 Å². The SMILES string of the molecule is CC[C@@H]1c2cc3[nH]c4c(c3C)C(=O)C(C(=O)OC)c4c3nc(cc4[nH]c(cc(n2)[C@H]1C)c(C(C)=O)c4C)[C@H](C)[C@H]3CCC(=O)NCCC[C@@H](C(=O)NNC(=O)OCCSSC[C@H](NC(=O)[C@H](CC(=O)NCCS(=O)(=O)O)NC(=O)CC[C@H](NC(=O)c1ccc(NCc2cnc3nc(N)[nH]c(=O)c3n2)cc1)C(=O)O)C(=O)O)[N+](C)(C)C. The van der Waals surface area contributed by atoms with Gasteiger partial charge in [0, 0.05) is 124 Å². The Bertz CT molecular complexity index is 5160. The summed E-state index contributed by atoms with van der Waals surface area (Å²) >= 11 is 0. The van der Waals surface area contributed by atoms with Gasteiger partial charge < -0.3 is 71.8 Å². The largest absolute Gasteiger partial charge is 0.480 e. The Labute approximate surface area is 666 Å². The summed E-state index contributed by atoms with van der Waals surface area (Å²) in [7, 11) is 3.92. The van der Waals surface area contributed by atoms with E-state index >= 15 is 0 Å². The van der Waals surface area contributed by atoms with E-state index in [1.54, 1.807) is 21.1 Å². The number of carboxylic acid groups (broad SMARTS) is 2. The average Bonchev–Trinajstić information content (AvgIpc) is 1.56. The first kappa shape index (κ1) is 87.5. The lowest BCUT2D eigenvalue weighted by molar-refractivity contribution is -0.886. The Morgan fingerprint density at radius 2 is 1.40 bits per heavy atom. The van der Waals surface area contributed by atoms with Crippen molar-refractivity contribution < 1.29 is 94.7 Å². The number of benzene rings is 1. The molecule has 0 radical (unpaired) electrons. The van der Waals surface area contributed by atoms with Gasteiger partial charge in [-0.2, -0.15) is 13.4 Å². The molecule has 2 aliphatic heterocycles. The zero-order valence-electron chi connectivity index (χ0n) is 64.7. The molecule has 9 atom stereocenters. The first-order valence-electron chi connectivity index (χ1n) is 36.8. The zero-order valence-corrected chi connectivity index (χ0v) is 67.1. The van der Waals surface area contributed by atoms with E-state index in [9.17, 15) is 81.0 Å². The van der Waals surface area contributed by atoms with Gasteiger partial charge in [-0.1, -0.05) is 42.4 Å². The molecule has 0 saturated carbocycles. The maximum absolute atomic E-state index is 14.6. The molecule has 1 unspecified atom stereocenters. The Kier molecular flexibility index (Phi) is 29.0. The summed E-state index contributed by atoms with van der Waals surface area (Å²) in [6.07, 6.45) is -0.202. The van der Waals surface area contributed by atoms with Crippen LogP contribution in [0.4, 0.5) is 16.4 Å². The van der Waals surface area contributed by atoms with Crippen LogP contribution in [-0.4, -0.2) is 228 Å². The molecular formula is C74H93N18O20S3+. The van der Waals surface area contributed by atoms with Gasteiger partial charge in [-0.05, 0) is 100 Å². The number of carboxylic acids is 2. The molecule has 0 fully saturated rings. The van der Waals surface area contributed by atoms with E-state index in [0.717, 1.165) is 39.4 Å². The number of hydrogen-bond donors (Lipinski definition) is 15. The molecule has 115 heavy (non-hydrogen) atoms. The number of carbonyl (C=O) groups excluding carboxylic acids is 10. The van der Waals surface area contributed by atoms with Crippen LogP contribution in [0, 0.1) is 13.8 Å². The number of amides is 7. The van der Waals surface area contributed by atoms with E-state index in [0.29, 0.717) is 79.1 Å². The number of hydrogen-bond acceptors (Lipinski definition) is 26. The summed E-state index contributed by atoms with van der Waals surface area (Å²) in [5.41, 5.74) is 18.0. The fourth-order valence-electron chi connectivity index (χ4n) is 13.9. The number of Topliss-reactive ketones (excluding diaryl/α,β-unsaturated/α-hetero) is 2. The van der Waals surface area contributed by atoms with E-state index < -0.39 is 143 Å². The summed E-state index contributed by atoms with van der Waals surface area (Å²) in [5, 5.41) is 35.0. The molecule has 0 spiro atoms. The molecule has 6 aromatic rings. The van der Waals surface area contributed by atoms with Crippen molar-refractivity contribution in [3.05, 3.63) is 121 Å². The van der Waals surface area contributed by atoms with Gasteiger partial charge in [0.15, 0.2) is 28.8 Å². The zero-order chi connectivity index (χ0) is 84.1. The highest BCUT2D eigenvalue weighted by Gasteiger charge is 2.46. The minimum absolute atomic E-state index is 0.000972. The van der Waals surface area contributed by atoms with Crippen LogP contribution >= 0.6 is 21.6 Å². The Morgan fingerprint density at radius 1 is 0.730 bits per heavy atom. The van der Waals surface area contributed by atoms with Gasteiger partial charge in [-0.15, -0.1) is 0 Å². The predicted molar refractivity (Wildman–Crippen MR) is 423 cm³/mol. The summed E-state index contributed by atoms with van der Waals surface area (Å²) < 4.78 is 42.3. The number of aryl methyl sites for hydroxylation is 2. The second-order valence-corrected chi connectivity index (χ2v) is 33.1. The molecule has 3 aliphatic rings. The van der Waals surface area contributed by atoms with Crippen LogP contribution in [-0.2, 0) is 64.5 Å². The number of ether oxygens (including phenoxy) is 2. The molecule has 0 saturated heterocycles. The minimum atomic E-state index is -4.55. The average molecular weight is 1650 g/mol. The molecule has 16 N–H and O–H groups in total. The molecule has 5 aromatic heterocycles. The number of rotatable bonds is 36. The lowest BCUT2D eigenvalue weighted by Gasteiger charge is -2.33. The highest BCUT2D eigenvalue weighted by Crippen LogP contribution is 2.49. The number of aliphatic carboxylic acids is 2. The topological polar surface area (TPSA) is 569 Å². The van der Waals surface area contributed by atoms with Crippen LogP contribution in [0.1, 0.15) is 185 Å². The molecule has 616 valence electrons. The van der Waals surface area contributed by atoms with E-state index in [1.807, 2.05) is 39.0 Å². The summed E-state index contributed by atoms with van der Waals surface area (Å²) in [6, 6.07) is 5.56. The van der Waals surface area contributed by atoms with E-state index in [1.165, 1.54) is 44.5 Å². The van der Waals surface area contributed by atoms with Crippen LogP contribution < -0.4 is 54.0 Å². The van der Waals surface area contributed by atoms with Crippen molar-refractivity contribution in [3.8, 4) is 0 Å². The van der Waals surface area contributed by atoms with Crippen molar-refractivity contribution in [2.24, 2.45) is 0 Å². The first-order chi connectivity index (χ1) is 54.4. The minimum Gasteiger partial charge on any atom is -0.480 e. The molecule has 38 nitrogen and oxygen atoms in total. The second-order valence-electron chi connectivity index (χ2n) is 28.9. The first-order valence-corrected chi connectivity index (χ1v) is 40.8. The second kappa shape index (κ2) is 38.1. The quantitative estimate of drug-likeness (QED) is 0.00386. The number of nitrogens with one attached hydrogen (secondary N) is 11. The van der Waals surface area contributed by atoms with Gasteiger partial charge in [-0.3, -0.25) is 72.9 Å². The van der Waals surface area contributed by atoms with Gasteiger partial charge in [0.2, 0.25) is 29.6 Å². The van der Waals surface area contributed by atoms with Crippen molar-refractivity contribution >= 4 is 148 Å². The number of ketones is 2. The van der Waals surface area contributed by atoms with Gasteiger partial charge in [0.25, 0.3) is 27.5 Å². The molecule has 41 heteroatoms. The Hall–Kier alpha value is -11.4. The van der Waals surface area contributed by atoms with Crippen LogP contribution in [0.15, 0.2) is 53.5 Å². The monoisotopic (exact) mass is 1650 g/mol. The van der Waals surface area contributed by atoms with Crippen LogP contribution in [0.2, 0.25) is 0 Å². The number of quaternary nitrogens is 1. The highest BCUT2D eigenvalue weighted by molar-refractivity contribution is 8.76. The van der Waals surface area contributed by atoms with Crippen LogP contribution in [0.3, 0.4) is 0 Å².